The van der Waals surface area contributed by atoms with Crippen LogP contribution >= 0.6 is 0 Å². The van der Waals surface area contributed by atoms with Gasteiger partial charge in [-0.2, -0.15) is 0 Å². The number of aromatic nitrogens is 4. The lowest BCUT2D eigenvalue weighted by Gasteiger charge is -2.36. The van der Waals surface area contributed by atoms with Crippen molar-refractivity contribution in [3.05, 3.63) is 30.6 Å². The van der Waals surface area contributed by atoms with E-state index in [-0.39, 0.29) is 5.91 Å². The third-order valence-corrected chi connectivity index (χ3v) is 4.29. The van der Waals surface area contributed by atoms with Crippen molar-refractivity contribution in [2.45, 2.75) is 33.3 Å². The quantitative estimate of drug-likeness (QED) is 0.857. The van der Waals surface area contributed by atoms with Crippen LogP contribution in [0.3, 0.4) is 0 Å². The Morgan fingerprint density at radius 3 is 2.46 bits per heavy atom. The van der Waals surface area contributed by atoms with E-state index in [0.29, 0.717) is 17.6 Å². The van der Waals surface area contributed by atoms with Gasteiger partial charge in [0.2, 0.25) is 0 Å². The molecule has 1 fully saturated rings. The fraction of sp³-hybridized carbons (Fsp3) is 0.529. The molecule has 2 aromatic rings. The molecule has 7 heteroatoms. The van der Waals surface area contributed by atoms with E-state index in [1.54, 1.807) is 4.68 Å². The average Bonchev–Trinajstić information content (AvgIpc) is 3.08. The van der Waals surface area contributed by atoms with E-state index in [0.717, 1.165) is 18.8 Å². The molecule has 3 atom stereocenters. The van der Waals surface area contributed by atoms with Crippen molar-refractivity contribution in [2.24, 2.45) is 11.8 Å². The van der Waals surface area contributed by atoms with Gasteiger partial charge in [0.1, 0.15) is 12.1 Å². The number of amides is 1. The van der Waals surface area contributed by atoms with Gasteiger partial charge in [-0.1, -0.05) is 13.8 Å². The van der Waals surface area contributed by atoms with Gasteiger partial charge < -0.3 is 9.64 Å². The summed E-state index contributed by atoms with van der Waals surface area (Å²) >= 11 is 0. The predicted molar refractivity (Wildman–Crippen MR) is 88.8 cm³/mol. The summed E-state index contributed by atoms with van der Waals surface area (Å²) in [4.78, 5) is 14.5. The Labute approximate surface area is 141 Å². The van der Waals surface area contributed by atoms with Crippen molar-refractivity contribution in [3.63, 3.8) is 0 Å². The molecule has 1 aromatic carbocycles. The monoisotopic (exact) mass is 329 g/mol. The second-order valence-corrected chi connectivity index (χ2v) is 6.70. The standard InChI is InChI=1S/C17H23N5O2/c1-12-8-13(2)10-21(9-12)17(23)14(3)24-16-6-4-15(5-7-16)22-11-18-19-20-22/h4-7,11-14H,8-10H2,1-3H3/t12-,13-,14-/m1/s1. The van der Waals surface area contributed by atoms with Crippen LogP contribution in [0.25, 0.3) is 5.69 Å². The van der Waals surface area contributed by atoms with Crippen LogP contribution in [0.1, 0.15) is 27.2 Å². The first-order valence-corrected chi connectivity index (χ1v) is 8.32. The number of hydrogen-bond acceptors (Lipinski definition) is 5. The van der Waals surface area contributed by atoms with E-state index < -0.39 is 6.10 Å². The number of hydrogen-bond donors (Lipinski definition) is 0. The van der Waals surface area contributed by atoms with Gasteiger partial charge in [0.25, 0.3) is 5.91 Å². The zero-order chi connectivity index (χ0) is 17.1. The maximum Gasteiger partial charge on any atom is 0.263 e. The molecule has 1 amide bonds. The minimum absolute atomic E-state index is 0.0537. The Kier molecular flexibility index (Phi) is 4.78. The summed E-state index contributed by atoms with van der Waals surface area (Å²) in [6.45, 7) is 7.82. The average molecular weight is 329 g/mol. The summed E-state index contributed by atoms with van der Waals surface area (Å²) in [6.07, 6.45) is 2.21. The fourth-order valence-electron chi connectivity index (χ4n) is 3.31. The van der Waals surface area contributed by atoms with E-state index in [1.165, 1.54) is 12.7 Å². The topological polar surface area (TPSA) is 73.1 Å². The van der Waals surface area contributed by atoms with Gasteiger partial charge in [0.15, 0.2) is 6.10 Å². The highest BCUT2D eigenvalue weighted by Gasteiger charge is 2.29. The number of ether oxygens (including phenoxy) is 1. The third kappa shape index (κ3) is 3.72. The highest BCUT2D eigenvalue weighted by atomic mass is 16.5. The molecule has 128 valence electrons. The number of tetrazole rings is 1. The maximum atomic E-state index is 12.6. The first-order valence-electron chi connectivity index (χ1n) is 8.32. The molecule has 0 N–H and O–H groups in total. The molecule has 0 unspecified atom stereocenters. The van der Waals surface area contributed by atoms with Crippen LogP contribution in [-0.2, 0) is 4.79 Å². The summed E-state index contributed by atoms with van der Waals surface area (Å²) in [5, 5.41) is 11.0. The Morgan fingerprint density at radius 2 is 1.88 bits per heavy atom. The van der Waals surface area contributed by atoms with Crippen LogP contribution in [0.2, 0.25) is 0 Å². The second-order valence-electron chi connectivity index (χ2n) is 6.70. The number of carbonyl (C=O) groups is 1. The van der Waals surface area contributed by atoms with Gasteiger partial charge in [0.05, 0.1) is 5.69 Å². The van der Waals surface area contributed by atoms with Crippen molar-refractivity contribution in [1.82, 2.24) is 25.1 Å². The van der Waals surface area contributed by atoms with Crippen LogP contribution in [0, 0.1) is 11.8 Å². The zero-order valence-corrected chi connectivity index (χ0v) is 14.3. The lowest BCUT2D eigenvalue weighted by molar-refractivity contribution is -0.140. The molecule has 0 aliphatic carbocycles. The molecule has 1 aromatic heterocycles. The van der Waals surface area contributed by atoms with E-state index in [2.05, 4.69) is 29.4 Å². The van der Waals surface area contributed by atoms with E-state index >= 15 is 0 Å². The summed E-state index contributed by atoms with van der Waals surface area (Å²) in [5.74, 6) is 1.80. The number of carbonyl (C=O) groups excluding carboxylic acids is 1. The molecule has 1 saturated heterocycles. The van der Waals surface area contributed by atoms with Crippen LogP contribution in [-0.4, -0.2) is 50.2 Å². The van der Waals surface area contributed by atoms with Gasteiger partial charge in [0, 0.05) is 13.1 Å². The minimum Gasteiger partial charge on any atom is -0.481 e. The Balaban J connectivity index is 1.61. The minimum atomic E-state index is -0.499. The molecule has 24 heavy (non-hydrogen) atoms. The predicted octanol–water partition coefficient (Wildman–Crippen LogP) is 1.93. The molecule has 0 bridgehead atoms. The lowest BCUT2D eigenvalue weighted by atomic mass is 9.91. The first kappa shape index (κ1) is 16.4. The number of rotatable bonds is 4. The van der Waals surface area contributed by atoms with Crippen molar-refractivity contribution in [1.29, 1.82) is 0 Å². The number of likely N-dealkylation sites (tertiary alicyclic amines) is 1. The third-order valence-electron chi connectivity index (χ3n) is 4.29. The molecule has 1 aliphatic rings. The lowest BCUT2D eigenvalue weighted by Crippen LogP contribution is -2.47. The number of nitrogens with zero attached hydrogens (tertiary/aromatic N) is 5. The van der Waals surface area contributed by atoms with E-state index in [9.17, 15) is 4.79 Å². The summed E-state index contributed by atoms with van der Waals surface area (Å²) < 4.78 is 7.38. The number of benzene rings is 1. The largest absolute Gasteiger partial charge is 0.481 e. The Hall–Kier alpha value is -2.44. The molecule has 2 heterocycles. The summed E-state index contributed by atoms with van der Waals surface area (Å²) in [7, 11) is 0. The Bertz CT molecular complexity index is 661. The molecule has 0 saturated carbocycles. The van der Waals surface area contributed by atoms with Crippen LogP contribution in [0.15, 0.2) is 30.6 Å². The molecule has 7 nitrogen and oxygen atoms in total. The van der Waals surface area contributed by atoms with Gasteiger partial charge in [-0.25, -0.2) is 4.68 Å². The van der Waals surface area contributed by atoms with E-state index in [1.807, 2.05) is 36.1 Å². The van der Waals surface area contributed by atoms with Crippen LogP contribution in [0.4, 0.5) is 0 Å². The second kappa shape index (κ2) is 6.98. The SMILES string of the molecule is C[C@@H]1C[C@@H](C)CN(C(=O)[C@@H](C)Oc2ccc(-n3cnnn3)cc2)C1. The molecule has 0 radical (unpaired) electrons. The molecule has 3 rings (SSSR count). The highest BCUT2D eigenvalue weighted by molar-refractivity contribution is 5.81. The van der Waals surface area contributed by atoms with Crippen molar-refractivity contribution < 1.29 is 9.53 Å². The van der Waals surface area contributed by atoms with Crippen molar-refractivity contribution in [3.8, 4) is 11.4 Å². The molecule has 1 aliphatic heterocycles. The zero-order valence-electron chi connectivity index (χ0n) is 14.3. The van der Waals surface area contributed by atoms with Crippen LogP contribution in [0.5, 0.6) is 5.75 Å². The van der Waals surface area contributed by atoms with Crippen molar-refractivity contribution >= 4 is 5.91 Å². The van der Waals surface area contributed by atoms with Gasteiger partial charge in [-0.3, -0.25) is 4.79 Å². The molecular weight excluding hydrogens is 306 g/mol. The Morgan fingerprint density at radius 1 is 1.21 bits per heavy atom. The summed E-state index contributed by atoms with van der Waals surface area (Å²) in [6, 6.07) is 7.35. The van der Waals surface area contributed by atoms with Crippen molar-refractivity contribution in [2.75, 3.05) is 13.1 Å². The first-order chi connectivity index (χ1) is 11.5. The van der Waals surface area contributed by atoms with Gasteiger partial charge in [-0.05, 0) is 59.9 Å². The molecular formula is C17H23N5O2. The molecule has 0 spiro atoms. The summed E-state index contributed by atoms with van der Waals surface area (Å²) in [5.41, 5.74) is 0.838. The van der Waals surface area contributed by atoms with Crippen LogP contribution < -0.4 is 4.74 Å². The number of piperidine rings is 1. The van der Waals surface area contributed by atoms with Gasteiger partial charge >= 0.3 is 0 Å². The normalized spacial score (nSPS) is 22.2. The highest BCUT2D eigenvalue weighted by Crippen LogP contribution is 2.22. The fourth-order valence-corrected chi connectivity index (χ4v) is 3.31. The maximum absolute atomic E-state index is 12.6. The van der Waals surface area contributed by atoms with Gasteiger partial charge in [-0.15, -0.1) is 5.10 Å². The smallest absolute Gasteiger partial charge is 0.263 e. The van der Waals surface area contributed by atoms with E-state index in [4.69, 9.17) is 4.74 Å².